The number of non-ortho nitro benzene ring substituents is 1. The number of aromatic nitrogens is 1. The van der Waals surface area contributed by atoms with E-state index in [-0.39, 0.29) is 5.69 Å². The summed E-state index contributed by atoms with van der Waals surface area (Å²) in [7, 11) is 2.74. The molecular formula is C15H14N2O5. The Morgan fingerprint density at radius 1 is 1.41 bits per heavy atom. The summed E-state index contributed by atoms with van der Waals surface area (Å²) in [5.74, 6) is -0.512. The first-order chi connectivity index (χ1) is 10.5. The Morgan fingerprint density at radius 2 is 2.18 bits per heavy atom. The lowest BCUT2D eigenvalue weighted by atomic mass is 9.87. The van der Waals surface area contributed by atoms with E-state index in [9.17, 15) is 14.9 Å². The highest BCUT2D eigenvalue weighted by molar-refractivity contribution is 5.96. The molecule has 114 valence electrons. The summed E-state index contributed by atoms with van der Waals surface area (Å²) in [6.45, 7) is 0. The summed E-state index contributed by atoms with van der Waals surface area (Å²) in [5, 5.41) is 11.6. The van der Waals surface area contributed by atoms with Crippen LogP contribution in [0.5, 0.6) is 0 Å². The fourth-order valence-corrected chi connectivity index (χ4v) is 2.87. The van der Waals surface area contributed by atoms with E-state index >= 15 is 0 Å². The number of fused-ring (bicyclic) bond motifs is 3. The van der Waals surface area contributed by atoms with Gasteiger partial charge in [-0.25, -0.2) is 4.79 Å². The lowest BCUT2D eigenvalue weighted by Gasteiger charge is -2.30. The Bertz CT molecular complexity index is 808. The van der Waals surface area contributed by atoms with Crippen molar-refractivity contribution >= 4 is 28.6 Å². The van der Waals surface area contributed by atoms with Gasteiger partial charge in [0, 0.05) is 42.1 Å². The van der Waals surface area contributed by atoms with Gasteiger partial charge >= 0.3 is 5.97 Å². The Hall–Kier alpha value is -2.67. The summed E-state index contributed by atoms with van der Waals surface area (Å²) in [6, 6.07) is 4.52. The van der Waals surface area contributed by atoms with Crippen LogP contribution in [-0.4, -0.2) is 30.1 Å². The molecule has 0 amide bonds. The molecule has 0 bridgehead atoms. The quantitative estimate of drug-likeness (QED) is 0.534. The van der Waals surface area contributed by atoms with E-state index in [2.05, 4.69) is 4.98 Å². The lowest BCUT2D eigenvalue weighted by Crippen LogP contribution is -2.40. The molecule has 1 aliphatic rings. The summed E-state index contributed by atoms with van der Waals surface area (Å²) < 4.78 is 10.3. The van der Waals surface area contributed by atoms with Gasteiger partial charge < -0.3 is 14.5 Å². The van der Waals surface area contributed by atoms with Crippen molar-refractivity contribution in [1.82, 2.24) is 4.98 Å². The van der Waals surface area contributed by atoms with Gasteiger partial charge in [0.05, 0.1) is 17.7 Å². The predicted molar refractivity (Wildman–Crippen MR) is 79.3 cm³/mol. The number of methoxy groups -OCH3 is 2. The van der Waals surface area contributed by atoms with E-state index in [1.54, 1.807) is 12.1 Å². The Morgan fingerprint density at radius 3 is 2.82 bits per heavy atom. The topological polar surface area (TPSA) is 94.5 Å². The van der Waals surface area contributed by atoms with Crippen LogP contribution in [0.15, 0.2) is 24.3 Å². The zero-order valence-corrected chi connectivity index (χ0v) is 12.1. The number of carbonyl (C=O) groups is 1. The third-order valence-electron chi connectivity index (χ3n) is 3.99. The van der Waals surface area contributed by atoms with E-state index in [0.29, 0.717) is 28.6 Å². The monoisotopic (exact) mass is 302 g/mol. The van der Waals surface area contributed by atoms with Gasteiger partial charge in [-0.15, -0.1) is 0 Å². The minimum Gasteiger partial charge on any atom is -0.467 e. The second kappa shape index (κ2) is 4.96. The van der Waals surface area contributed by atoms with Crippen molar-refractivity contribution in [1.29, 1.82) is 0 Å². The smallest absolute Gasteiger partial charge is 0.344 e. The van der Waals surface area contributed by atoms with Crippen molar-refractivity contribution in [2.75, 3.05) is 14.2 Å². The van der Waals surface area contributed by atoms with Crippen molar-refractivity contribution < 1.29 is 19.2 Å². The molecule has 1 heterocycles. The number of rotatable bonds is 3. The molecule has 7 nitrogen and oxygen atoms in total. The SMILES string of the molecule is COC(=O)C1(OC)CC=Cc2c1[nH]c1ccc([N+](=O)[O-])cc21. The molecule has 1 aliphatic carbocycles. The zero-order chi connectivity index (χ0) is 15.9. The van der Waals surface area contributed by atoms with Gasteiger partial charge in [0.1, 0.15) is 0 Å². The van der Waals surface area contributed by atoms with Crippen LogP contribution in [0.25, 0.3) is 17.0 Å². The number of nitrogens with one attached hydrogen (secondary N) is 1. The van der Waals surface area contributed by atoms with Gasteiger partial charge in [0.15, 0.2) is 0 Å². The number of nitro benzene ring substituents is 1. The van der Waals surface area contributed by atoms with Crippen molar-refractivity contribution in [3.8, 4) is 0 Å². The Labute approximate surface area is 125 Å². The molecule has 0 saturated carbocycles. The summed E-state index contributed by atoms with van der Waals surface area (Å²) >= 11 is 0. The molecule has 0 spiro atoms. The highest BCUT2D eigenvalue weighted by Gasteiger charge is 2.45. The van der Waals surface area contributed by atoms with Gasteiger partial charge in [-0.05, 0) is 6.07 Å². The zero-order valence-electron chi connectivity index (χ0n) is 12.1. The molecule has 22 heavy (non-hydrogen) atoms. The van der Waals surface area contributed by atoms with E-state index in [1.165, 1.54) is 26.4 Å². The number of H-pyrrole nitrogens is 1. The summed E-state index contributed by atoms with van der Waals surface area (Å²) in [6.07, 6.45) is 3.96. The van der Waals surface area contributed by atoms with Gasteiger partial charge in [-0.3, -0.25) is 10.1 Å². The van der Waals surface area contributed by atoms with Crippen LogP contribution in [0.4, 0.5) is 5.69 Å². The maximum Gasteiger partial charge on any atom is 0.344 e. The van der Waals surface area contributed by atoms with E-state index in [1.807, 2.05) is 6.08 Å². The second-order valence-corrected chi connectivity index (χ2v) is 5.03. The van der Waals surface area contributed by atoms with Crippen molar-refractivity contribution in [2.24, 2.45) is 0 Å². The third-order valence-corrected chi connectivity index (χ3v) is 3.99. The second-order valence-electron chi connectivity index (χ2n) is 5.03. The molecule has 0 fully saturated rings. The number of nitrogens with zero attached hydrogens (tertiary/aromatic N) is 1. The summed E-state index contributed by atoms with van der Waals surface area (Å²) in [5.41, 5.74) is 0.700. The maximum absolute atomic E-state index is 12.2. The Kier molecular flexibility index (Phi) is 3.22. The largest absolute Gasteiger partial charge is 0.467 e. The molecule has 2 aromatic rings. The fourth-order valence-electron chi connectivity index (χ4n) is 2.87. The van der Waals surface area contributed by atoms with Crippen LogP contribution in [0.1, 0.15) is 17.7 Å². The van der Waals surface area contributed by atoms with Crippen LogP contribution < -0.4 is 0 Å². The van der Waals surface area contributed by atoms with Crippen molar-refractivity contribution in [3.63, 3.8) is 0 Å². The Balaban J connectivity index is 2.28. The lowest BCUT2D eigenvalue weighted by molar-refractivity contribution is -0.384. The van der Waals surface area contributed by atoms with Crippen LogP contribution in [0.3, 0.4) is 0 Å². The minimum atomic E-state index is -1.26. The van der Waals surface area contributed by atoms with E-state index in [4.69, 9.17) is 9.47 Å². The molecule has 0 radical (unpaired) electrons. The highest BCUT2D eigenvalue weighted by Crippen LogP contribution is 2.41. The number of hydrogen-bond donors (Lipinski definition) is 1. The van der Waals surface area contributed by atoms with Crippen LogP contribution in [0.2, 0.25) is 0 Å². The van der Waals surface area contributed by atoms with Crippen LogP contribution in [-0.2, 0) is 19.9 Å². The molecule has 1 aromatic heterocycles. The molecule has 1 unspecified atom stereocenters. The maximum atomic E-state index is 12.2. The first-order valence-electron chi connectivity index (χ1n) is 6.64. The first kappa shape index (κ1) is 14.3. The fraction of sp³-hybridized carbons (Fsp3) is 0.267. The van der Waals surface area contributed by atoms with Crippen molar-refractivity contribution in [3.05, 3.63) is 45.6 Å². The predicted octanol–water partition coefficient (Wildman–Crippen LogP) is 2.51. The minimum absolute atomic E-state index is 0.00522. The average Bonchev–Trinajstić information content (AvgIpc) is 2.92. The molecular weight excluding hydrogens is 288 g/mol. The summed E-state index contributed by atoms with van der Waals surface area (Å²) in [4.78, 5) is 25.9. The van der Waals surface area contributed by atoms with Gasteiger partial charge in [0.25, 0.3) is 5.69 Å². The van der Waals surface area contributed by atoms with E-state index in [0.717, 1.165) is 0 Å². The molecule has 7 heteroatoms. The average molecular weight is 302 g/mol. The molecule has 0 saturated heterocycles. The standard InChI is InChI=1S/C15H14N2O5/c1-21-14(18)15(22-2)7-3-4-10-11-8-9(17(19)20)5-6-12(11)16-13(10)15/h3-6,8,16H,7H2,1-2H3. The normalized spacial score (nSPS) is 19.9. The number of ether oxygens (including phenoxy) is 2. The van der Waals surface area contributed by atoms with E-state index < -0.39 is 16.5 Å². The molecule has 0 aliphatic heterocycles. The van der Waals surface area contributed by atoms with Gasteiger partial charge in [-0.1, -0.05) is 12.2 Å². The van der Waals surface area contributed by atoms with Crippen molar-refractivity contribution in [2.45, 2.75) is 12.0 Å². The molecule has 1 atom stereocenters. The third kappa shape index (κ3) is 1.82. The first-order valence-corrected chi connectivity index (χ1v) is 6.64. The number of esters is 1. The number of nitro groups is 1. The van der Waals surface area contributed by atoms with Crippen LogP contribution >= 0.6 is 0 Å². The highest BCUT2D eigenvalue weighted by atomic mass is 16.6. The number of benzene rings is 1. The molecule has 1 aromatic carbocycles. The van der Waals surface area contributed by atoms with Gasteiger partial charge in [0.2, 0.25) is 5.60 Å². The number of aromatic amines is 1. The van der Waals surface area contributed by atoms with Crippen LogP contribution in [0, 0.1) is 10.1 Å². The molecule has 3 rings (SSSR count). The number of hydrogen-bond acceptors (Lipinski definition) is 5. The number of carbonyl (C=O) groups excluding carboxylic acids is 1. The van der Waals surface area contributed by atoms with Gasteiger partial charge in [-0.2, -0.15) is 0 Å². The molecule has 1 N–H and O–H groups in total.